The first-order valence-electron chi connectivity index (χ1n) is 21.8. The standard InChI is InChI=1S/C51H50O21/c1-29(52)68-48-47(63)45(61)39(26-65-42(58)23-13-33-9-20-37(56)38(25-33)64-2)69-50(48)72-51(28-67-43(59)22-11-31-5-16-35(54)17-6-31)49(70-44(60)24-12-32-7-18-36(55)19-8-32)46(62)40(71-51)27-66-41(57)21-10-30-3-14-34(53)15-4-30/h3-25,39-40,45-50,53-56,61-63H,26-28H2,1-2H3. The van der Waals surface area contributed by atoms with Crippen molar-refractivity contribution in [2.24, 2.45) is 0 Å². The normalized spacial score (nSPS) is 24.1. The average molecular weight is 999 g/mol. The number of carbonyl (C=O) groups is 5. The van der Waals surface area contributed by atoms with Crippen LogP contribution in [0.15, 0.2) is 115 Å². The molecule has 21 nitrogen and oxygen atoms in total. The molecule has 0 bridgehead atoms. The average Bonchev–Trinajstić information content (AvgIpc) is 3.61. The molecule has 6 rings (SSSR count). The summed E-state index contributed by atoms with van der Waals surface area (Å²) in [5.41, 5.74) is 1.80. The van der Waals surface area contributed by atoms with E-state index >= 15 is 0 Å². The molecule has 0 saturated carbocycles. The van der Waals surface area contributed by atoms with E-state index in [1.165, 1.54) is 122 Å². The number of ether oxygens (including phenoxy) is 9. The summed E-state index contributed by atoms with van der Waals surface area (Å²) in [4.78, 5) is 65.3. The lowest BCUT2D eigenvalue weighted by molar-refractivity contribution is -0.383. The van der Waals surface area contributed by atoms with Crippen LogP contribution in [0.4, 0.5) is 0 Å². The Hall–Kier alpha value is -8.05. The fourth-order valence-corrected chi connectivity index (χ4v) is 7.06. The number of carbonyl (C=O) groups excluding carboxylic acids is 5. The first-order chi connectivity index (χ1) is 34.4. The van der Waals surface area contributed by atoms with Gasteiger partial charge in [0.05, 0.1) is 7.11 Å². The Bertz CT molecular complexity index is 2640. The largest absolute Gasteiger partial charge is 0.508 e. The van der Waals surface area contributed by atoms with Crippen LogP contribution in [0.3, 0.4) is 0 Å². The van der Waals surface area contributed by atoms with Crippen LogP contribution >= 0.6 is 0 Å². The highest BCUT2D eigenvalue weighted by Crippen LogP contribution is 2.40. The zero-order valence-electron chi connectivity index (χ0n) is 38.4. The second kappa shape index (κ2) is 24.7. The van der Waals surface area contributed by atoms with E-state index in [4.69, 9.17) is 42.6 Å². The van der Waals surface area contributed by atoms with Crippen LogP contribution in [0.2, 0.25) is 0 Å². The van der Waals surface area contributed by atoms with Gasteiger partial charge in [-0.1, -0.05) is 42.5 Å². The van der Waals surface area contributed by atoms with Crippen molar-refractivity contribution in [2.75, 3.05) is 26.9 Å². The third-order valence-electron chi connectivity index (χ3n) is 10.7. The Kier molecular flexibility index (Phi) is 18.3. The maximum Gasteiger partial charge on any atom is 0.331 e. The highest BCUT2D eigenvalue weighted by molar-refractivity contribution is 5.89. The summed E-state index contributed by atoms with van der Waals surface area (Å²) >= 11 is 0. The Labute approximate surface area is 410 Å². The molecule has 2 aliphatic rings. The molecule has 2 heterocycles. The van der Waals surface area contributed by atoms with Crippen molar-refractivity contribution in [3.05, 3.63) is 138 Å². The van der Waals surface area contributed by atoms with Gasteiger partial charge in [0.1, 0.15) is 67.6 Å². The van der Waals surface area contributed by atoms with E-state index in [0.29, 0.717) is 22.3 Å². The lowest BCUT2D eigenvalue weighted by Gasteiger charge is -2.44. The van der Waals surface area contributed by atoms with E-state index in [1.807, 2.05) is 0 Å². The number of methoxy groups -OCH3 is 1. The fourth-order valence-electron chi connectivity index (χ4n) is 7.06. The van der Waals surface area contributed by atoms with E-state index in [1.54, 1.807) is 0 Å². The van der Waals surface area contributed by atoms with Crippen molar-refractivity contribution in [1.29, 1.82) is 0 Å². The minimum absolute atomic E-state index is 0.0158. The summed E-state index contributed by atoms with van der Waals surface area (Å²) in [5.74, 6) is -8.06. The van der Waals surface area contributed by atoms with Crippen LogP contribution in [0.1, 0.15) is 29.2 Å². The second-order valence-electron chi connectivity index (χ2n) is 15.9. The smallest absolute Gasteiger partial charge is 0.331 e. The van der Waals surface area contributed by atoms with Gasteiger partial charge in [0.25, 0.3) is 0 Å². The van der Waals surface area contributed by atoms with E-state index in [9.17, 15) is 59.7 Å². The molecule has 9 unspecified atom stereocenters. The Morgan fingerprint density at radius 2 is 1.03 bits per heavy atom. The lowest BCUT2D eigenvalue weighted by Crippen LogP contribution is -2.64. The van der Waals surface area contributed by atoms with E-state index < -0.39 is 104 Å². The number of aliphatic hydroxyl groups is 3. The maximum atomic E-state index is 13.6. The SMILES string of the molecule is COc1cc(C=CC(=O)OCC2OC(OC3(COC(=O)C=Cc4ccc(O)cc4)OC(COC(=O)C=Cc4ccc(O)cc4)C(O)C3OC(=O)C=Cc3ccc(O)cc3)C(OC(C)=O)C(O)C2O)ccc1O. The molecular weight excluding hydrogens is 949 g/mol. The Morgan fingerprint density at radius 1 is 0.569 bits per heavy atom. The fraction of sp³-hybridized carbons (Fsp3) is 0.275. The van der Waals surface area contributed by atoms with Crippen LogP contribution in [0.5, 0.6) is 28.7 Å². The van der Waals surface area contributed by atoms with Gasteiger partial charge in [-0.2, -0.15) is 0 Å². The summed E-state index contributed by atoms with van der Waals surface area (Å²) in [5, 5.41) is 73.4. The number of phenolic OH excluding ortho intramolecular Hbond substituents is 4. The molecule has 7 N–H and O–H groups in total. The minimum Gasteiger partial charge on any atom is -0.508 e. The quantitative estimate of drug-likeness (QED) is 0.0403. The maximum absolute atomic E-state index is 13.6. The number of aliphatic hydroxyl groups excluding tert-OH is 3. The van der Waals surface area contributed by atoms with Crippen LogP contribution in [0.25, 0.3) is 24.3 Å². The van der Waals surface area contributed by atoms with Gasteiger partial charge in [0.2, 0.25) is 12.1 Å². The van der Waals surface area contributed by atoms with Gasteiger partial charge in [0, 0.05) is 31.2 Å². The molecule has 0 amide bonds. The molecule has 4 aromatic carbocycles. The molecule has 21 heteroatoms. The Balaban J connectivity index is 1.32. The van der Waals surface area contributed by atoms with Crippen molar-refractivity contribution in [2.45, 2.75) is 61.7 Å². The number of aromatic hydroxyl groups is 4. The zero-order valence-corrected chi connectivity index (χ0v) is 38.4. The summed E-state index contributed by atoms with van der Waals surface area (Å²) < 4.78 is 50.9. The van der Waals surface area contributed by atoms with Crippen LogP contribution in [0, 0.1) is 0 Å². The lowest BCUT2D eigenvalue weighted by atomic mass is 9.98. The molecule has 2 fully saturated rings. The molecule has 0 radical (unpaired) electrons. The van der Waals surface area contributed by atoms with Gasteiger partial charge < -0.3 is 78.4 Å². The molecule has 2 aliphatic heterocycles. The summed E-state index contributed by atoms with van der Waals surface area (Å²) in [6.07, 6.45) is -6.22. The van der Waals surface area contributed by atoms with Crippen LogP contribution in [-0.2, 0) is 61.9 Å². The molecule has 380 valence electrons. The highest BCUT2D eigenvalue weighted by Gasteiger charge is 2.62. The molecule has 72 heavy (non-hydrogen) atoms. The van der Waals surface area contributed by atoms with E-state index in [-0.39, 0.29) is 28.7 Å². The van der Waals surface area contributed by atoms with E-state index in [2.05, 4.69) is 0 Å². The van der Waals surface area contributed by atoms with Crippen molar-refractivity contribution in [3.8, 4) is 28.7 Å². The highest BCUT2D eigenvalue weighted by atomic mass is 16.8. The molecular formula is C51H50O21. The number of rotatable bonds is 19. The number of phenols is 4. The third kappa shape index (κ3) is 14.7. The first-order valence-corrected chi connectivity index (χ1v) is 21.8. The first kappa shape index (κ1) is 53.3. The number of esters is 5. The van der Waals surface area contributed by atoms with Crippen molar-refractivity contribution >= 4 is 54.2 Å². The summed E-state index contributed by atoms with van der Waals surface area (Å²) in [6, 6.07) is 21.4. The molecule has 4 aromatic rings. The second-order valence-corrected chi connectivity index (χ2v) is 15.9. The number of hydrogen-bond donors (Lipinski definition) is 7. The van der Waals surface area contributed by atoms with Crippen molar-refractivity contribution in [3.63, 3.8) is 0 Å². The third-order valence-corrected chi connectivity index (χ3v) is 10.7. The van der Waals surface area contributed by atoms with Gasteiger partial charge >= 0.3 is 29.8 Å². The van der Waals surface area contributed by atoms with Gasteiger partial charge in [0.15, 0.2) is 23.7 Å². The van der Waals surface area contributed by atoms with Crippen molar-refractivity contribution in [1.82, 2.24) is 0 Å². The van der Waals surface area contributed by atoms with Crippen LogP contribution in [-0.4, -0.2) is 147 Å². The topological polar surface area (TPSA) is 310 Å². The Morgan fingerprint density at radius 3 is 1.53 bits per heavy atom. The van der Waals surface area contributed by atoms with Gasteiger partial charge in [-0.25, -0.2) is 19.2 Å². The predicted molar refractivity (Wildman–Crippen MR) is 249 cm³/mol. The van der Waals surface area contributed by atoms with Gasteiger partial charge in [-0.15, -0.1) is 0 Å². The molecule has 9 atom stereocenters. The number of benzene rings is 4. The number of hydrogen-bond acceptors (Lipinski definition) is 21. The summed E-state index contributed by atoms with van der Waals surface area (Å²) in [7, 11) is 1.33. The summed E-state index contributed by atoms with van der Waals surface area (Å²) in [6.45, 7) is -1.69. The van der Waals surface area contributed by atoms with Gasteiger partial charge in [-0.3, -0.25) is 4.79 Å². The molecule has 0 aliphatic carbocycles. The van der Waals surface area contributed by atoms with Crippen molar-refractivity contribution < 1.29 is 102 Å². The monoisotopic (exact) mass is 998 g/mol. The molecule has 0 spiro atoms. The van der Waals surface area contributed by atoms with Gasteiger partial charge in [-0.05, 0) is 95.1 Å². The van der Waals surface area contributed by atoms with E-state index in [0.717, 1.165) is 31.2 Å². The zero-order chi connectivity index (χ0) is 52.0. The molecule has 0 aromatic heterocycles. The molecule has 2 saturated heterocycles. The minimum atomic E-state index is -2.73. The van der Waals surface area contributed by atoms with Crippen LogP contribution < -0.4 is 4.74 Å². The predicted octanol–water partition coefficient (Wildman–Crippen LogP) is 3.06.